The summed E-state index contributed by atoms with van der Waals surface area (Å²) < 4.78 is 21.8. The summed E-state index contributed by atoms with van der Waals surface area (Å²) in [5.74, 6) is 2.21. The highest BCUT2D eigenvalue weighted by Gasteiger charge is 2.21. The van der Waals surface area contributed by atoms with E-state index in [2.05, 4.69) is 106 Å². The van der Waals surface area contributed by atoms with Crippen LogP contribution in [0.15, 0.2) is 137 Å². The molecule has 0 fully saturated rings. The molecule has 0 spiro atoms. The van der Waals surface area contributed by atoms with E-state index >= 15 is 0 Å². The van der Waals surface area contributed by atoms with E-state index < -0.39 is 0 Å². The number of ether oxygens (including phenoxy) is 1. The number of pyridine rings is 1. The molecule has 0 aliphatic carbocycles. The minimum atomic E-state index is 0.646. The number of hydrogen-bond donors (Lipinski definition) is 0. The van der Waals surface area contributed by atoms with E-state index in [1.54, 1.807) is 0 Å². The van der Waals surface area contributed by atoms with Crippen molar-refractivity contribution in [2.24, 2.45) is 0 Å². The van der Waals surface area contributed by atoms with E-state index in [9.17, 15) is 0 Å². The summed E-state index contributed by atoms with van der Waals surface area (Å²) >= 11 is 0. The molecule has 220 valence electrons. The van der Waals surface area contributed by atoms with Crippen LogP contribution in [0.1, 0.15) is 0 Å². The molecule has 7 heteroatoms. The number of hydrogen-bond acceptors (Lipinski definition) is 6. The highest BCUT2D eigenvalue weighted by molar-refractivity contribution is 6.16. The summed E-state index contributed by atoms with van der Waals surface area (Å²) in [4.78, 5) is 9.02. The quantitative estimate of drug-likeness (QED) is 0.201. The Balaban J connectivity index is 1.18. The van der Waals surface area contributed by atoms with Crippen molar-refractivity contribution in [1.29, 1.82) is 0 Å². The lowest BCUT2D eigenvalue weighted by molar-refractivity contribution is 0.475. The zero-order valence-electron chi connectivity index (χ0n) is 24.8. The van der Waals surface area contributed by atoms with Crippen molar-refractivity contribution in [1.82, 2.24) is 14.5 Å². The first kappa shape index (κ1) is 25.2. The average Bonchev–Trinajstić information content (AvgIpc) is 3.85. The summed E-state index contributed by atoms with van der Waals surface area (Å²) in [6.45, 7) is 0.741. The van der Waals surface area contributed by atoms with Gasteiger partial charge in [0.05, 0.1) is 17.7 Å². The van der Waals surface area contributed by atoms with Crippen LogP contribution in [0.5, 0.6) is 11.5 Å². The molecular formula is C39H26N4O3. The van der Waals surface area contributed by atoms with Gasteiger partial charge >= 0.3 is 0 Å². The lowest BCUT2D eigenvalue weighted by atomic mass is 10.1. The van der Waals surface area contributed by atoms with Crippen LogP contribution in [-0.2, 0) is 0 Å². The van der Waals surface area contributed by atoms with E-state index in [1.165, 1.54) is 0 Å². The van der Waals surface area contributed by atoms with Crippen LogP contribution < -0.4 is 9.64 Å². The Morgan fingerprint density at radius 3 is 2.26 bits per heavy atom. The van der Waals surface area contributed by atoms with E-state index in [-0.39, 0.29) is 0 Å². The molecule has 9 aromatic rings. The fourth-order valence-corrected chi connectivity index (χ4v) is 6.86. The topological polar surface area (TPSA) is 59.8 Å². The van der Waals surface area contributed by atoms with Gasteiger partial charge in [0.2, 0.25) is 0 Å². The molecule has 1 aliphatic rings. The second kappa shape index (κ2) is 9.39. The largest absolute Gasteiger partial charge is 0.456 e. The van der Waals surface area contributed by atoms with Crippen molar-refractivity contribution < 1.29 is 13.6 Å². The summed E-state index contributed by atoms with van der Waals surface area (Å²) in [6, 6.07) is 37.2. The third-order valence-electron chi connectivity index (χ3n) is 8.98. The van der Waals surface area contributed by atoms with Gasteiger partial charge in [-0.1, -0.05) is 42.5 Å². The molecule has 5 heterocycles. The fraction of sp³-hybridized carbons (Fsp3) is 0.0513. The smallest absolute Gasteiger partial charge is 0.178 e. The lowest BCUT2D eigenvalue weighted by Gasteiger charge is -2.19. The van der Waals surface area contributed by atoms with Crippen molar-refractivity contribution in [3.63, 3.8) is 0 Å². The second-order valence-corrected chi connectivity index (χ2v) is 11.9. The van der Waals surface area contributed by atoms with E-state index in [0.717, 1.165) is 78.3 Å². The molecule has 46 heavy (non-hydrogen) atoms. The Morgan fingerprint density at radius 1 is 0.630 bits per heavy atom. The Labute approximate surface area is 262 Å². The van der Waals surface area contributed by atoms with Crippen molar-refractivity contribution in [3.8, 4) is 17.3 Å². The van der Waals surface area contributed by atoms with Crippen LogP contribution >= 0.6 is 0 Å². The summed E-state index contributed by atoms with van der Waals surface area (Å²) in [7, 11) is 2.06. The van der Waals surface area contributed by atoms with Crippen molar-refractivity contribution in [2.75, 3.05) is 18.6 Å². The van der Waals surface area contributed by atoms with Crippen LogP contribution in [0.2, 0.25) is 0 Å². The highest BCUT2D eigenvalue weighted by Crippen LogP contribution is 2.44. The molecule has 0 N–H and O–H groups in total. The second-order valence-electron chi connectivity index (χ2n) is 11.9. The number of aromatic nitrogens is 2. The van der Waals surface area contributed by atoms with E-state index in [0.29, 0.717) is 17.1 Å². The third kappa shape index (κ3) is 3.69. The van der Waals surface area contributed by atoms with Crippen LogP contribution in [0.25, 0.3) is 71.5 Å². The molecule has 4 aromatic heterocycles. The molecular weight excluding hydrogens is 572 g/mol. The van der Waals surface area contributed by atoms with E-state index in [4.69, 9.17) is 13.6 Å². The SMILES string of the molecule is CN1C=CN(c2cc(Oc3ccc4c5ccccc5n(-c5ccccn5)c4c3)c3oc4cc5c(cc4c3c2)oc2ccccc25)C1. The zero-order chi connectivity index (χ0) is 30.4. The van der Waals surface area contributed by atoms with Gasteiger partial charge in [0.15, 0.2) is 11.3 Å². The highest BCUT2D eigenvalue weighted by atomic mass is 16.5. The molecule has 0 amide bonds. The van der Waals surface area contributed by atoms with Crippen LogP contribution in [0.3, 0.4) is 0 Å². The van der Waals surface area contributed by atoms with Gasteiger partial charge in [0, 0.05) is 75.8 Å². The van der Waals surface area contributed by atoms with E-state index in [1.807, 2.05) is 48.7 Å². The third-order valence-corrected chi connectivity index (χ3v) is 8.98. The van der Waals surface area contributed by atoms with Crippen molar-refractivity contribution >= 4 is 71.4 Å². The first-order valence-electron chi connectivity index (χ1n) is 15.3. The predicted octanol–water partition coefficient (Wildman–Crippen LogP) is 9.95. The molecule has 0 saturated carbocycles. The molecule has 5 aromatic carbocycles. The maximum Gasteiger partial charge on any atom is 0.178 e. The van der Waals surface area contributed by atoms with Gasteiger partial charge in [-0.3, -0.25) is 4.57 Å². The monoisotopic (exact) mass is 598 g/mol. The summed E-state index contributed by atoms with van der Waals surface area (Å²) in [5, 5.41) is 6.35. The van der Waals surface area contributed by atoms with Gasteiger partial charge in [-0.15, -0.1) is 0 Å². The van der Waals surface area contributed by atoms with Gasteiger partial charge in [-0.25, -0.2) is 4.98 Å². The molecule has 1 aliphatic heterocycles. The molecule has 0 radical (unpaired) electrons. The molecule has 10 rings (SSSR count). The average molecular weight is 599 g/mol. The van der Waals surface area contributed by atoms with Crippen LogP contribution in [0.4, 0.5) is 5.69 Å². The number of anilines is 1. The number of para-hydroxylation sites is 2. The first-order chi connectivity index (χ1) is 22.7. The maximum absolute atomic E-state index is 6.78. The number of furan rings is 2. The maximum atomic E-state index is 6.78. The molecule has 0 atom stereocenters. The van der Waals surface area contributed by atoms with Crippen LogP contribution in [0, 0.1) is 0 Å². The number of benzene rings is 5. The van der Waals surface area contributed by atoms with Gasteiger partial charge < -0.3 is 23.4 Å². The molecule has 0 bridgehead atoms. The number of rotatable bonds is 4. The number of fused-ring (bicyclic) bond motifs is 9. The van der Waals surface area contributed by atoms with Crippen molar-refractivity contribution in [2.45, 2.75) is 0 Å². The van der Waals surface area contributed by atoms with Gasteiger partial charge in [-0.05, 0) is 54.6 Å². The Hall–Kier alpha value is -6.21. The zero-order valence-corrected chi connectivity index (χ0v) is 24.8. The van der Waals surface area contributed by atoms with Gasteiger partial charge in [0.25, 0.3) is 0 Å². The Kier molecular flexibility index (Phi) is 5.14. The van der Waals surface area contributed by atoms with Crippen LogP contribution in [-0.4, -0.2) is 28.2 Å². The molecule has 0 unspecified atom stereocenters. The Bertz CT molecular complexity index is 2680. The number of nitrogens with zero attached hydrogens (tertiary/aromatic N) is 4. The first-order valence-corrected chi connectivity index (χ1v) is 15.3. The fourth-order valence-electron chi connectivity index (χ4n) is 6.86. The van der Waals surface area contributed by atoms with Gasteiger partial charge in [-0.2, -0.15) is 0 Å². The lowest BCUT2D eigenvalue weighted by Crippen LogP contribution is -2.21. The van der Waals surface area contributed by atoms with Gasteiger partial charge in [0.1, 0.15) is 28.3 Å². The Morgan fingerprint density at radius 2 is 1.41 bits per heavy atom. The minimum absolute atomic E-state index is 0.646. The molecule has 7 nitrogen and oxygen atoms in total. The minimum Gasteiger partial charge on any atom is -0.456 e. The summed E-state index contributed by atoms with van der Waals surface area (Å²) in [6.07, 6.45) is 5.98. The normalized spacial score (nSPS) is 13.5. The standard InChI is InChI=1S/C39H26N4O3/c1-41-16-17-42(23-41)24-18-31-30-22-35-29(28-9-3-5-11-34(28)45-35)21-36(30)46-39(31)37(19-24)44-25-13-14-27-26-8-2-4-10-32(26)43(33(27)20-25)38-12-6-7-15-40-38/h2-22H,23H2,1H3. The predicted molar refractivity (Wildman–Crippen MR) is 184 cm³/mol. The van der Waals surface area contributed by atoms with Crippen molar-refractivity contribution in [3.05, 3.63) is 128 Å². The summed E-state index contributed by atoms with van der Waals surface area (Å²) in [5.41, 5.74) is 6.30. The molecule has 0 saturated heterocycles.